The van der Waals surface area contributed by atoms with Crippen LogP contribution in [0.4, 0.5) is 0 Å². The van der Waals surface area contributed by atoms with E-state index in [2.05, 4.69) is 15.9 Å². The number of hydrogen-bond donors (Lipinski definition) is 1. The first-order chi connectivity index (χ1) is 9.56. The van der Waals surface area contributed by atoms with Gasteiger partial charge in [-0.05, 0) is 42.3 Å². The van der Waals surface area contributed by atoms with Gasteiger partial charge in [-0.1, -0.05) is 45.7 Å². The summed E-state index contributed by atoms with van der Waals surface area (Å²) in [6.45, 7) is 2.04. The Hall–Kier alpha value is -1.29. The summed E-state index contributed by atoms with van der Waals surface area (Å²) in [4.78, 5) is 0. The van der Waals surface area contributed by atoms with E-state index in [0.29, 0.717) is 10.6 Å². The standard InChI is InChI=1S/C16H13BrClNO/c1-9-7-11(17)5-6-12(9)15(19)14-8-10-3-2-4-13(18)16(10)20-14/h2-8,15H,19H2,1H3. The van der Waals surface area contributed by atoms with Crippen molar-refractivity contribution in [2.45, 2.75) is 13.0 Å². The van der Waals surface area contributed by atoms with E-state index in [-0.39, 0.29) is 6.04 Å². The summed E-state index contributed by atoms with van der Waals surface area (Å²) >= 11 is 9.59. The van der Waals surface area contributed by atoms with Gasteiger partial charge in [0.15, 0.2) is 5.58 Å². The van der Waals surface area contributed by atoms with Crippen molar-refractivity contribution in [2.75, 3.05) is 0 Å². The lowest BCUT2D eigenvalue weighted by atomic mass is 10.00. The Kier molecular flexibility index (Phi) is 3.59. The molecule has 0 saturated heterocycles. The van der Waals surface area contributed by atoms with E-state index < -0.39 is 0 Å². The molecule has 1 heterocycles. The van der Waals surface area contributed by atoms with Crippen LogP contribution in [-0.2, 0) is 0 Å². The van der Waals surface area contributed by atoms with Crippen LogP contribution in [0.5, 0.6) is 0 Å². The van der Waals surface area contributed by atoms with Crippen LogP contribution >= 0.6 is 27.5 Å². The fourth-order valence-electron chi connectivity index (χ4n) is 2.34. The first-order valence-corrected chi connectivity index (χ1v) is 7.43. The average molecular weight is 351 g/mol. The molecule has 0 saturated carbocycles. The maximum absolute atomic E-state index is 6.33. The molecule has 102 valence electrons. The first-order valence-electron chi connectivity index (χ1n) is 6.26. The van der Waals surface area contributed by atoms with Crippen molar-refractivity contribution in [1.29, 1.82) is 0 Å². The molecule has 0 aliphatic carbocycles. The Morgan fingerprint density at radius 1 is 1.20 bits per heavy atom. The molecule has 0 bridgehead atoms. The van der Waals surface area contributed by atoms with Gasteiger partial charge in [-0.3, -0.25) is 0 Å². The molecule has 1 aromatic heterocycles. The van der Waals surface area contributed by atoms with E-state index in [1.807, 2.05) is 49.4 Å². The quantitative estimate of drug-likeness (QED) is 0.689. The van der Waals surface area contributed by atoms with E-state index in [4.69, 9.17) is 21.8 Å². The van der Waals surface area contributed by atoms with Crippen molar-refractivity contribution in [3.8, 4) is 0 Å². The van der Waals surface area contributed by atoms with Gasteiger partial charge >= 0.3 is 0 Å². The third-order valence-corrected chi connectivity index (χ3v) is 4.18. The highest BCUT2D eigenvalue weighted by atomic mass is 79.9. The molecular weight excluding hydrogens is 338 g/mol. The summed E-state index contributed by atoms with van der Waals surface area (Å²) in [7, 11) is 0. The second kappa shape index (κ2) is 5.24. The Bertz CT molecular complexity index is 781. The molecule has 3 rings (SSSR count). The van der Waals surface area contributed by atoms with Crippen LogP contribution in [0.3, 0.4) is 0 Å². The molecule has 0 amide bonds. The number of nitrogens with two attached hydrogens (primary N) is 1. The average Bonchev–Trinajstić information content (AvgIpc) is 2.83. The fourth-order valence-corrected chi connectivity index (χ4v) is 3.04. The lowest BCUT2D eigenvalue weighted by Crippen LogP contribution is -2.12. The zero-order chi connectivity index (χ0) is 14.3. The van der Waals surface area contributed by atoms with Gasteiger partial charge in [0.2, 0.25) is 0 Å². The number of halogens is 2. The lowest BCUT2D eigenvalue weighted by Gasteiger charge is -2.12. The zero-order valence-corrected chi connectivity index (χ0v) is 13.2. The van der Waals surface area contributed by atoms with E-state index in [1.165, 1.54) is 0 Å². The molecule has 20 heavy (non-hydrogen) atoms. The molecule has 0 spiro atoms. The Balaban J connectivity index is 2.08. The minimum absolute atomic E-state index is 0.299. The maximum Gasteiger partial charge on any atom is 0.152 e. The molecule has 2 N–H and O–H groups in total. The van der Waals surface area contributed by atoms with Crippen LogP contribution in [-0.4, -0.2) is 0 Å². The molecule has 3 aromatic rings. The van der Waals surface area contributed by atoms with Gasteiger partial charge in [-0.15, -0.1) is 0 Å². The van der Waals surface area contributed by atoms with Gasteiger partial charge in [0.05, 0.1) is 11.1 Å². The highest BCUT2D eigenvalue weighted by Crippen LogP contribution is 2.32. The monoisotopic (exact) mass is 349 g/mol. The molecule has 2 nitrogen and oxygen atoms in total. The number of furan rings is 1. The van der Waals surface area contributed by atoms with Crippen LogP contribution in [0.2, 0.25) is 5.02 Å². The van der Waals surface area contributed by atoms with Crippen LogP contribution < -0.4 is 5.73 Å². The lowest BCUT2D eigenvalue weighted by molar-refractivity contribution is 0.524. The predicted molar refractivity (Wildman–Crippen MR) is 86.1 cm³/mol. The number of aryl methyl sites for hydroxylation is 1. The van der Waals surface area contributed by atoms with E-state index in [1.54, 1.807) is 0 Å². The van der Waals surface area contributed by atoms with E-state index >= 15 is 0 Å². The van der Waals surface area contributed by atoms with Crippen LogP contribution in [0.25, 0.3) is 11.0 Å². The zero-order valence-electron chi connectivity index (χ0n) is 10.9. The van der Waals surface area contributed by atoms with Gasteiger partial charge in [0.25, 0.3) is 0 Å². The maximum atomic E-state index is 6.33. The van der Waals surface area contributed by atoms with Crippen LogP contribution in [0, 0.1) is 6.92 Å². The van der Waals surface area contributed by atoms with E-state index in [0.717, 1.165) is 26.7 Å². The fraction of sp³-hybridized carbons (Fsp3) is 0.125. The van der Waals surface area contributed by atoms with Crippen LogP contribution in [0.15, 0.2) is 51.4 Å². The molecule has 1 unspecified atom stereocenters. The molecule has 4 heteroatoms. The van der Waals surface area contributed by atoms with Crippen molar-refractivity contribution in [2.24, 2.45) is 5.73 Å². The highest BCUT2D eigenvalue weighted by molar-refractivity contribution is 9.10. The topological polar surface area (TPSA) is 39.2 Å². The minimum Gasteiger partial charge on any atom is -0.457 e. The minimum atomic E-state index is -0.299. The molecule has 2 aromatic carbocycles. The Labute approximate surface area is 130 Å². The molecule has 0 radical (unpaired) electrons. The van der Waals surface area contributed by atoms with Crippen molar-refractivity contribution in [1.82, 2.24) is 0 Å². The molecular formula is C16H13BrClNO. The van der Waals surface area contributed by atoms with Crippen molar-refractivity contribution in [3.63, 3.8) is 0 Å². The molecule has 0 aliphatic heterocycles. The van der Waals surface area contributed by atoms with Gasteiger partial charge in [0.1, 0.15) is 5.76 Å². The molecule has 0 aliphatic rings. The third kappa shape index (κ3) is 2.37. The molecule has 0 fully saturated rings. The number of rotatable bonds is 2. The summed E-state index contributed by atoms with van der Waals surface area (Å²) in [6.07, 6.45) is 0. The number of benzene rings is 2. The van der Waals surface area contributed by atoms with Gasteiger partial charge in [-0.25, -0.2) is 0 Å². The second-order valence-corrected chi connectivity index (χ2v) is 6.11. The van der Waals surface area contributed by atoms with Crippen LogP contribution in [0.1, 0.15) is 22.9 Å². The van der Waals surface area contributed by atoms with Crippen molar-refractivity contribution >= 4 is 38.5 Å². The summed E-state index contributed by atoms with van der Waals surface area (Å²) < 4.78 is 6.87. The number of hydrogen-bond acceptors (Lipinski definition) is 2. The summed E-state index contributed by atoms with van der Waals surface area (Å²) in [5, 5.41) is 1.58. The smallest absolute Gasteiger partial charge is 0.152 e. The summed E-state index contributed by atoms with van der Waals surface area (Å²) in [6, 6.07) is 13.4. The van der Waals surface area contributed by atoms with E-state index in [9.17, 15) is 0 Å². The Morgan fingerprint density at radius 3 is 2.70 bits per heavy atom. The third-order valence-electron chi connectivity index (χ3n) is 3.39. The van der Waals surface area contributed by atoms with Crippen molar-refractivity contribution < 1.29 is 4.42 Å². The molecule has 1 atom stereocenters. The first kappa shape index (κ1) is 13.7. The Morgan fingerprint density at radius 2 is 2.00 bits per heavy atom. The van der Waals surface area contributed by atoms with Gasteiger partial charge < -0.3 is 10.2 Å². The summed E-state index contributed by atoms with van der Waals surface area (Å²) in [5.74, 6) is 0.721. The largest absolute Gasteiger partial charge is 0.457 e. The highest BCUT2D eigenvalue weighted by Gasteiger charge is 2.17. The normalized spacial score (nSPS) is 12.8. The number of para-hydroxylation sites is 1. The van der Waals surface area contributed by atoms with Gasteiger partial charge in [-0.2, -0.15) is 0 Å². The van der Waals surface area contributed by atoms with Gasteiger partial charge in [0, 0.05) is 9.86 Å². The SMILES string of the molecule is Cc1cc(Br)ccc1C(N)c1cc2cccc(Cl)c2o1. The predicted octanol–water partition coefficient (Wildman–Crippen LogP) is 5.21. The number of fused-ring (bicyclic) bond motifs is 1. The summed E-state index contributed by atoms with van der Waals surface area (Å²) in [5.41, 5.74) is 9.19. The van der Waals surface area contributed by atoms with Crippen molar-refractivity contribution in [3.05, 3.63) is 68.8 Å². The second-order valence-electron chi connectivity index (χ2n) is 4.79.